The number of thiazole rings is 1. The average molecular weight is 305 g/mol. The van der Waals surface area contributed by atoms with E-state index in [9.17, 15) is 0 Å². The quantitative estimate of drug-likeness (QED) is 0.502. The summed E-state index contributed by atoms with van der Waals surface area (Å²) in [5.41, 5.74) is 3.60. The molecule has 21 heavy (non-hydrogen) atoms. The Morgan fingerprint density at radius 1 is 1.24 bits per heavy atom. The Hall–Kier alpha value is -2.32. The lowest BCUT2D eigenvalue weighted by Crippen LogP contribution is -2.00. The standard InChI is InChI=1S/C13H11N3O4S/c17-15-5-14-13-16-12-7-3-9-10(20-6-19-9)4-8(7)18-2-1-11(12)21-13/h3-5,17H,1-2,6H2,(H,14,15,16). The van der Waals surface area contributed by atoms with E-state index in [1.807, 2.05) is 17.6 Å². The van der Waals surface area contributed by atoms with Gasteiger partial charge in [-0.2, -0.15) is 0 Å². The second-order valence-electron chi connectivity index (χ2n) is 4.46. The van der Waals surface area contributed by atoms with Gasteiger partial charge in [0.2, 0.25) is 11.9 Å². The van der Waals surface area contributed by atoms with Crippen molar-refractivity contribution in [3.05, 3.63) is 17.0 Å². The van der Waals surface area contributed by atoms with Crippen molar-refractivity contribution in [3.8, 4) is 28.5 Å². The number of rotatable bonds is 2. The number of hydroxylamine groups is 1. The van der Waals surface area contributed by atoms with Gasteiger partial charge in [-0.05, 0) is 6.07 Å². The van der Waals surface area contributed by atoms with Crippen LogP contribution >= 0.6 is 11.3 Å². The van der Waals surface area contributed by atoms with E-state index in [-0.39, 0.29) is 6.79 Å². The van der Waals surface area contributed by atoms with Crippen LogP contribution in [0.15, 0.2) is 17.1 Å². The van der Waals surface area contributed by atoms with Gasteiger partial charge >= 0.3 is 0 Å². The molecule has 2 aliphatic rings. The van der Waals surface area contributed by atoms with Crippen molar-refractivity contribution in [1.82, 2.24) is 10.5 Å². The van der Waals surface area contributed by atoms with Crippen LogP contribution < -0.4 is 19.7 Å². The first-order chi connectivity index (χ1) is 10.3. The molecule has 1 aromatic carbocycles. The van der Waals surface area contributed by atoms with Crippen LogP contribution in [0.5, 0.6) is 17.2 Å². The molecule has 4 rings (SSSR count). The van der Waals surface area contributed by atoms with Crippen LogP contribution in [0.25, 0.3) is 11.3 Å². The van der Waals surface area contributed by atoms with E-state index in [2.05, 4.69) is 9.98 Å². The fourth-order valence-corrected chi connectivity index (χ4v) is 3.24. The number of fused-ring (bicyclic) bond motifs is 4. The van der Waals surface area contributed by atoms with Crippen LogP contribution in [0.4, 0.5) is 5.13 Å². The zero-order valence-corrected chi connectivity index (χ0v) is 11.6. The molecule has 0 aliphatic carbocycles. The molecule has 2 aromatic rings. The van der Waals surface area contributed by atoms with Crippen molar-refractivity contribution in [1.29, 1.82) is 0 Å². The van der Waals surface area contributed by atoms with Gasteiger partial charge in [0, 0.05) is 22.9 Å². The van der Waals surface area contributed by atoms with Crippen molar-refractivity contribution < 1.29 is 19.4 Å². The topological polar surface area (TPSA) is 85.2 Å². The fourth-order valence-electron chi connectivity index (χ4n) is 2.34. The fraction of sp³-hybridized carbons (Fsp3) is 0.231. The van der Waals surface area contributed by atoms with Gasteiger partial charge in [0.15, 0.2) is 11.5 Å². The molecule has 0 saturated carbocycles. The summed E-state index contributed by atoms with van der Waals surface area (Å²) in [5, 5.41) is 9.14. The lowest BCUT2D eigenvalue weighted by atomic mass is 10.1. The number of hydrogen-bond acceptors (Lipinski definition) is 7. The van der Waals surface area contributed by atoms with E-state index in [0.29, 0.717) is 23.2 Å². The summed E-state index contributed by atoms with van der Waals surface area (Å²) in [4.78, 5) is 9.63. The van der Waals surface area contributed by atoms with Gasteiger partial charge < -0.3 is 14.2 Å². The first kappa shape index (κ1) is 12.4. The Bertz CT molecular complexity index is 728. The molecule has 7 nitrogen and oxygen atoms in total. The van der Waals surface area contributed by atoms with E-state index in [1.165, 1.54) is 17.7 Å². The molecule has 0 saturated heterocycles. The minimum Gasteiger partial charge on any atom is -0.492 e. The number of aliphatic imine (C=N–C) groups is 1. The lowest BCUT2D eigenvalue weighted by Gasteiger charge is -2.07. The zero-order valence-electron chi connectivity index (χ0n) is 10.8. The highest BCUT2D eigenvalue weighted by Gasteiger charge is 2.25. The summed E-state index contributed by atoms with van der Waals surface area (Å²) in [7, 11) is 0. The second-order valence-corrected chi connectivity index (χ2v) is 5.52. The van der Waals surface area contributed by atoms with Crippen LogP contribution in [0.2, 0.25) is 0 Å². The Balaban J connectivity index is 1.84. The molecule has 0 bridgehead atoms. The van der Waals surface area contributed by atoms with Crippen LogP contribution in [-0.4, -0.2) is 29.9 Å². The molecule has 2 aliphatic heterocycles. The molecule has 8 heteroatoms. The second kappa shape index (κ2) is 4.90. The van der Waals surface area contributed by atoms with Gasteiger partial charge in [0.05, 0.1) is 12.3 Å². The Labute approximate surface area is 123 Å². The summed E-state index contributed by atoms with van der Waals surface area (Å²) in [5.74, 6) is 2.12. The highest BCUT2D eigenvalue weighted by atomic mass is 32.1. The van der Waals surface area contributed by atoms with Crippen molar-refractivity contribution in [2.24, 2.45) is 4.99 Å². The van der Waals surface area contributed by atoms with E-state index >= 15 is 0 Å². The number of hydrogen-bond donors (Lipinski definition) is 2. The van der Waals surface area contributed by atoms with Crippen molar-refractivity contribution in [3.63, 3.8) is 0 Å². The van der Waals surface area contributed by atoms with Crippen LogP contribution in [0, 0.1) is 0 Å². The van der Waals surface area contributed by atoms with Gasteiger partial charge in [-0.15, -0.1) is 0 Å². The zero-order chi connectivity index (χ0) is 14.2. The first-order valence-corrected chi connectivity index (χ1v) is 7.15. The minimum absolute atomic E-state index is 0.222. The van der Waals surface area contributed by atoms with E-state index in [4.69, 9.17) is 19.4 Å². The number of benzene rings is 1. The normalized spacial score (nSPS) is 15.3. The van der Waals surface area contributed by atoms with E-state index in [1.54, 1.807) is 0 Å². The van der Waals surface area contributed by atoms with E-state index in [0.717, 1.165) is 28.3 Å². The average Bonchev–Trinajstić information content (AvgIpc) is 3.07. The summed E-state index contributed by atoms with van der Waals surface area (Å²) in [6, 6.07) is 3.73. The lowest BCUT2D eigenvalue weighted by molar-refractivity contribution is 0.173. The monoisotopic (exact) mass is 305 g/mol. The largest absolute Gasteiger partial charge is 0.492 e. The van der Waals surface area contributed by atoms with Crippen LogP contribution in [0.3, 0.4) is 0 Å². The molecule has 2 N–H and O–H groups in total. The van der Waals surface area contributed by atoms with Gasteiger partial charge in [0.25, 0.3) is 0 Å². The SMILES string of the molecule is ON/C=N\c1nc2c(s1)CCOc1cc3c(cc1-2)OCO3. The number of ether oxygens (including phenoxy) is 3. The minimum atomic E-state index is 0.222. The molecule has 0 radical (unpaired) electrons. The predicted molar refractivity (Wildman–Crippen MR) is 75.9 cm³/mol. The predicted octanol–water partition coefficient (Wildman–Crippen LogP) is 2.11. The van der Waals surface area contributed by atoms with Crippen LogP contribution in [0.1, 0.15) is 4.88 Å². The van der Waals surface area contributed by atoms with Gasteiger partial charge in [0.1, 0.15) is 12.1 Å². The molecule has 3 heterocycles. The number of nitrogens with one attached hydrogen (secondary N) is 1. The molecular formula is C13H11N3O4S. The maximum atomic E-state index is 8.57. The third kappa shape index (κ3) is 2.08. The van der Waals surface area contributed by atoms with Crippen molar-refractivity contribution >= 4 is 22.8 Å². The maximum absolute atomic E-state index is 8.57. The Morgan fingerprint density at radius 2 is 2.10 bits per heavy atom. The summed E-state index contributed by atoms with van der Waals surface area (Å²) in [6.45, 7) is 0.795. The number of aromatic nitrogens is 1. The van der Waals surface area contributed by atoms with Crippen LogP contribution in [-0.2, 0) is 6.42 Å². The highest BCUT2D eigenvalue weighted by Crippen LogP contribution is 2.46. The van der Waals surface area contributed by atoms with Gasteiger partial charge in [-0.3, -0.25) is 10.7 Å². The van der Waals surface area contributed by atoms with Gasteiger partial charge in [-0.1, -0.05) is 11.3 Å². The summed E-state index contributed by atoms with van der Waals surface area (Å²) in [6.07, 6.45) is 1.95. The number of nitrogens with zero attached hydrogens (tertiary/aromatic N) is 2. The summed E-state index contributed by atoms with van der Waals surface area (Å²) >= 11 is 1.47. The molecule has 0 amide bonds. The third-order valence-corrected chi connectivity index (χ3v) is 4.26. The molecule has 1 aromatic heterocycles. The molecule has 0 fully saturated rings. The maximum Gasteiger partial charge on any atom is 0.231 e. The molecular weight excluding hydrogens is 294 g/mol. The first-order valence-electron chi connectivity index (χ1n) is 6.34. The molecule has 0 unspecified atom stereocenters. The summed E-state index contributed by atoms with van der Waals surface area (Å²) < 4.78 is 16.6. The van der Waals surface area contributed by atoms with Crippen molar-refractivity contribution in [2.75, 3.05) is 13.4 Å². The highest BCUT2D eigenvalue weighted by molar-refractivity contribution is 7.15. The Morgan fingerprint density at radius 3 is 2.95 bits per heavy atom. The van der Waals surface area contributed by atoms with Crippen molar-refractivity contribution in [2.45, 2.75) is 6.42 Å². The van der Waals surface area contributed by atoms with E-state index < -0.39 is 0 Å². The molecule has 108 valence electrons. The van der Waals surface area contributed by atoms with Gasteiger partial charge in [-0.25, -0.2) is 9.98 Å². The third-order valence-electron chi connectivity index (χ3n) is 3.24. The smallest absolute Gasteiger partial charge is 0.231 e. The molecule has 0 spiro atoms. The Kier molecular flexibility index (Phi) is 2.90. The molecule has 0 atom stereocenters.